The van der Waals surface area contributed by atoms with Crippen molar-refractivity contribution in [2.75, 3.05) is 0 Å². The molecule has 3 nitrogen and oxygen atoms in total. The molecular formula is C46H28N2OS. The average molecular weight is 685 g/mol. The van der Waals surface area contributed by atoms with Crippen molar-refractivity contribution in [3.05, 3.63) is 169 Å². The molecule has 10 rings (SSSR count). The molecule has 0 aliphatic rings. The van der Waals surface area contributed by atoms with Crippen molar-refractivity contribution in [2.45, 2.75) is 0 Å². The van der Waals surface area contributed by atoms with Gasteiger partial charge in [0.25, 0.3) is 0 Å². The number of rotatable bonds is 5. The number of fused-ring (bicyclic) bond motifs is 6. The second-order valence-corrected chi connectivity index (χ2v) is 11.4. The summed E-state index contributed by atoms with van der Waals surface area (Å²) < 4.78 is 253. The molecule has 0 saturated carbocycles. The maximum absolute atomic E-state index is 9.69. The maximum atomic E-state index is 9.69. The minimum absolute atomic E-state index is 0.104. The normalized spacial score (nSPS) is 19.4. The Hall–Kier alpha value is -6.36. The van der Waals surface area contributed by atoms with Crippen LogP contribution in [0.2, 0.25) is 0 Å². The zero-order valence-electron chi connectivity index (χ0n) is 52.7. The summed E-state index contributed by atoms with van der Waals surface area (Å²) >= 11 is 0.695. The number of furan rings is 1. The third-order valence-electron chi connectivity index (χ3n) is 7.49. The van der Waals surface area contributed by atoms with E-state index in [0.717, 1.165) is 0 Å². The molecule has 0 fully saturated rings. The molecule has 4 heteroatoms. The molecule has 7 aromatic carbocycles. The van der Waals surface area contributed by atoms with E-state index in [-0.39, 0.29) is 20.3 Å². The first kappa shape index (κ1) is 12.2. The van der Waals surface area contributed by atoms with Crippen LogP contribution in [-0.4, -0.2) is 9.97 Å². The molecule has 234 valence electrons. The van der Waals surface area contributed by atoms with Crippen LogP contribution in [0.3, 0.4) is 0 Å². The van der Waals surface area contributed by atoms with Crippen LogP contribution >= 0.6 is 11.3 Å². The average Bonchev–Trinajstić information content (AvgIpc) is 4.21. The monoisotopic (exact) mass is 684 g/mol. The molecule has 0 spiro atoms. The Morgan fingerprint density at radius 2 is 1.08 bits per heavy atom. The minimum Gasteiger partial charge on any atom is -0.456 e. The van der Waals surface area contributed by atoms with Crippen LogP contribution in [0.1, 0.15) is 38.4 Å². The highest BCUT2D eigenvalue weighted by molar-refractivity contribution is 7.26. The highest BCUT2D eigenvalue weighted by atomic mass is 32.1. The van der Waals surface area contributed by atoms with Crippen LogP contribution < -0.4 is 0 Å². The zero-order chi connectivity index (χ0) is 57.4. The van der Waals surface area contributed by atoms with E-state index in [1.54, 1.807) is 0 Å². The Balaban J connectivity index is 1.38. The quantitative estimate of drug-likeness (QED) is 0.181. The van der Waals surface area contributed by atoms with Gasteiger partial charge in [0.1, 0.15) is 11.2 Å². The first-order chi connectivity index (χ1) is 36.4. The van der Waals surface area contributed by atoms with Gasteiger partial charge in [-0.05, 0) is 75.7 Å². The Morgan fingerprint density at radius 1 is 0.460 bits per heavy atom. The van der Waals surface area contributed by atoms with Crippen LogP contribution in [-0.2, 0) is 0 Å². The van der Waals surface area contributed by atoms with Gasteiger partial charge in [-0.15, -0.1) is 11.3 Å². The number of nitrogens with zero attached hydrogens (tertiary/aromatic N) is 2. The van der Waals surface area contributed by atoms with Crippen molar-refractivity contribution >= 4 is 53.6 Å². The van der Waals surface area contributed by atoms with Crippen molar-refractivity contribution in [1.29, 1.82) is 0 Å². The molecule has 0 aliphatic heterocycles. The fraction of sp³-hybridized carbons (Fsp3) is 0. The molecule has 0 amide bonds. The van der Waals surface area contributed by atoms with E-state index in [9.17, 15) is 9.60 Å². The summed E-state index contributed by atoms with van der Waals surface area (Å²) in [6.07, 6.45) is 0. The Kier molecular flexibility index (Phi) is 2.84. The Bertz CT molecular complexity index is 4310. The van der Waals surface area contributed by atoms with Crippen LogP contribution in [0.25, 0.3) is 98.3 Å². The van der Waals surface area contributed by atoms with Gasteiger partial charge in [0, 0.05) is 32.0 Å². The summed E-state index contributed by atoms with van der Waals surface area (Å²) in [5, 5.41) is -1.30. The van der Waals surface area contributed by atoms with E-state index in [1.165, 1.54) is 0 Å². The third kappa shape index (κ3) is 4.80. The number of hydrogen-bond donors (Lipinski definition) is 0. The first-order valence-corrected chi connectivity index (χ1v) is 15.3. The predicted molar refractivity (Wildman–Crippen MR) is 209 cm³/mol. The highest BCUT2D eigenvalue weighted by Crippen LogP contribution is 2.42. The molecule has 0 aliphatic carbocycles. The predicted octanol–water partition coefficient (Wildman–Crippen LogP) is 13.1. The molecule has 0 bridgehead atoms. The largest absolute Gasteiger partial charge is 0.456 e. The summed E-state index contributed by atoms with van der Waals surface area (Å²) in [6.45, 7) is 0. The highest BCUT2D eigenvalue weighted by Gasteiger charge is 2.20. The van der Waals surface area contributed by atoms with E-state index in [4.69, 9.17) is 33.2 Å². The molecule has 0 radical (unpaired) electrons. The summed E-state index contributed by atoms with van der Waals surface area (Å²) in [5.41, 5.74) is -8.47. The van der Waals surface area contributed by atoms with Gasteiger partial charge in [-0.2, -0.15) is 0 Å². The van der Waals surface area contributed by atoms with Gasteiger partial charge in [0.2, 0.25) is 0 Å². The Morgan fingerprint density at radius 3 is 1.78 bits per heavy atom. The Labute approximate surface area is 332 Å². The van der Waals surface area contributed by atoms with Crippen LogP contribution in [0.4, 0.5) is 0 Å². The summed E-state index contributed by atoms with van der Waals surface area (Å²) in [4.78, 5) is 9.23. The van der Waals surface area contributed by atoms with Crippen LogP contribution in [0.15, 0.2) is 174 Å². The summed E-state index contributed by atoms with van der Waals surface area (Å²) in [6, 6.07) is -24.8. The van der Waals surface area contributed by atoms with Crippen LogP contribution in [0.5, 0.6) is 0 Å². The molecule has 10 aromatic rings. The second kappa shape index (κ2) is 11.7. The van der Waals surface area contributed by atoms with Gasteiger partial charge in [-0.1, -0.05) is 127 Å². The first-order valence-electron chi connectivity index (χ1n) is 28.5. The lowest BCUT2D eigenvalue weighted by atomic mass is 9.93. The van der Waals surface area contributed by atoms with E-state index in [2.05, 4.69) is 9.97 Å². The van der Waals surface area contributed by atoms with Crippen LogP contribution in [0, 0.1) is 0 Å². The van der Waals surface area contributed by atoms with Gasteiger partial charge in [0.15, 0.2) is 5.82 Å². The lowest BCUT2D eigenvalue weighted by Gasteiger charge is -2.11. The SMILES string of the molecule is [2H]c1c([2H])c([2H])c(-c2c([2H])c(-c3c([2H])c([2H])c([2H])c([2H])c3[2H])c([2H])c(-c3c([2H])c([2H])c4c(oc5c([2H])c([2H])c([2H])c(-c6nc(-c7c([2H])c([2H])c([2H])c([2H])c7[2H])c7sc8c([2H])c([2H])c([2H])c([2H])c8c7n6)c54)c3[2H])c2[2H])c([2H])c1[2H]. The lowest BCUT2D eigenvalue weighted by Crippen LogP contribution is -1.94. The van der Waals surface area contributed by atoms with Gasteiger partial charge >= 0.3 is 0 Å². The fourth-order valence-electron chi connectivity index (χ4n) is 5.35. The van der Waals surface area contributed by atoms with Gasteiger partial charge in [-0.3, -0.25) is 0 Å². The molecular weight excluding hydrogens is 629 g/mol. The standard InChI is InChI=1S/C46H28N2OS/c1-4-13-29(14-5-1)33-25-34(30-15-6-2-7-16-30)27-35(26-33)32-23-24-36-40(28-32)49-39-21-12-20-38(42(36)39)46-47-43(31-17-8-3-9-18-31)45-44(48-46)37-19-10-11-22-41(37)50-45/h1-28H/i1D,2D,3D,4D,5D,6D,7D,8D,9D,10D,11D,12D,13D,14D,15D,16D,17D,18D,19D,20D,21D,22D,23D,24D,25D,26D,27D,28D. The number of hydrogen-bond acceptors (Lipinski definition) is 4. The van der Waals surface area contributed by atoms with E-state index in [0.29, 0.717) is 11.3 Å². The summed E-state index contributed by atoms with van der Waals surface area (Å²) in [7, 11) is 0. The lowest BCUT2D eigenvalue weighted by molar-refractivity contribution is 0.669. The van der Waals surface area contributed by atoms with Gasteiger partial charge < -0.3 is 4.42 Å². The molecule has 0 atom stereocenters. The van der Waals surface area contributed by atoms with Crippen molar-refractivity contribution in [3.8, 4) is 56.0 Å². The fourth-order valence-corrected chi connectivity index (χ4v) is 6.39. The minimum atomic E-state index is -1.07. The van der Waals surface area contributed by atoms with E-state index in [1.807, 2.05) is 0 Å². The molecule has 0 N–H and O–H groups in total. The van der Waals surface area contributed by atoms with Gasteiger partial charge in [-0.25, -0.2) is 9.97 Å². The maximum Gasteiger partial charge on any atom is 0.161 e. The summed E-state index contributed by atoms with van der Waals surface area (Å²) in [5.74, 6) is -0.663. The molecule has 50 heavy (non-hydrogen) atoms. The smallest absolute Gasteiger partial charge is 0.161 e. The number of benzene rings is 7. The third-order valence-corrected chi connectivity index (χ3v) is 8.59. The number of aromatic nitrogens is 2. The van der Waals surface area contributed by atoms with E-state index >= 15 is 0 Å². The van der Waals surface area contributed by atoms with Crippen molar-refractivity contribution in [1.82, 2.24) is 9.97 Å². The molecule has 0 saturated heterocycles. The van der Waals surface area contributed by atoms with Crippen molar-refractivity contribution < 1.29 is 42.8 Å². The number of thiophene rings is 1. The van der Waals surface area contributed by atoms with E-state index < -0.39 is 247 Å². The van der Waals surface area contributed by atoms with Crippen molar-refractivity contribution in [3.63, 3.8) is 0 Å². The molecule has 3 aromatic heterocycles. The topological polar surface area (TPSA) is 38.9 Å². The van der Waals surface area contributed by atoms with Crippen molar-refractivity contribution in [2.24, 2.45) is 0 Å². The second-order valence-electron chi connectivity index (χ2n) is 10.4. The molecule has 0 unspecified atom stereocenters. The zero-order valence-corrected chi connectivity index (χ0v) is 25.5. The van der Waals surface area contributed by atoms with Gasteiger partial charge in [0.05, 0.1) is 54.3 Å². The molecule has 3 heterocycles.